The zero-order valence-electron chi connectivity index (χ0n) is 9.71. The van der Waals surface area contributed by atoms with Gasteiger partial charge in [0.05, 0.1) is 6.54 Å². The zero-order valence-corrected chi connectivity index (χ0v) is 9.71. The lowest BCUT2D eigenvalue weighted by molar-refractivity contribution is 0.248. The van der Waals surface area contributed by atoms with E-state index in [0.717, 1.165) is 25.9 Å². The molecule has 2 rings (SSSR count). The van der Waals surface area contributed by atoms with E-state index in [1.165, 1.54) is 0 Å². The average molecular weight is 238 g/mol. The number of anilines is 2. The summed E-state index contributed by atoms with van der Waals surface area (Å²) in [6, 6.07) is 0. The van der Waals surface area contributed by atoms with Crippen molar-refractivity contribution in [2.75, 3.05) is 31.2 Å². The van der Waals surface area contributed by atoms with E-state index in [2.05, 4.69) is 19.9 Å². The SMILES string of the molecule is Nc1nc(N)nc(CN2CCC(CCO)C2)n1. The molecule has 94 valence electrons. The van der Waals surface area contributed by atoms with Gasteiger partial charge in [-0.15, -0.1) is 0 Å². The predicted molar refractivity (Wildman–Crippen MR) is 63.7 cm³/mol. The standard InChI is InChI=1S/C10H18N6O/c11-9-13-8(14-10(12)15-9)6-16-3-1-7(5-16)2-4-17/h7,17H,1-6H2,(H4,11,12,13,14,15). The molecule has 1 aromatic heterocycles. The van der Waals surface area contributed by atoms with Crippen LogP contribution in [0.1, 0.15) is 18.7 Å². The summed E-state index contributed by atoms with van der Waals surface area (Å²) >= 11 is 0. The molecule has 1 aliphatic heterocycles. The second kappa shape index (κ2) is 5.24. The summed E-state index contributed by atoms with van der Waals surface area (Å²) in [5.41, 5.74) is 11.0. The molecule has 1 aromatic rings. The normalized spacial score (nSPS) is 20.9. The Hall–Kier alpha value is -1.47. The molecule has 17 heavy (non-hydrogen) atoms. The molecule has 0 saturated carbocycles. The number of nitrogens with zero attached hydrogens (tertiary/aromatic N) is 4. The fourth-order valence-corrected chi connectivity index (χ4v) is 2.20. The number of aliphatic hydroxyl groups excluding tert-OH is 1. The topological polar surface area (TPSA) is 114 Å². The quantitative estimate of drug-likeness (QED) is 0.631. The van der Waals surface area contributed by atoms with E-state index in [-0.39, 0.29) is 18.5 Å². The Balaban J connectivity index is 1.93. The molecule has 0 bridgehead atoms. The third-order valence-electron chi connectivity index (χ3n) is 2.99. The van der Waals surface area contributed by atoms with Crippen LogP contribution in [-0.2, 0) is 6.54 Å². The maximum Gasteiger partial charge on any atom is 0.225 e. The predicted octanol–water partition coefficient (Wildman–Crippen LogP) is -0.760. The summed E-state index contributed by atoms with van der Waals surface area (Å²) in [4.78, 5) is 14.1. The summed E-state index contributed by atoms with van der Waals surface area (Å²) in [5, 5.41) is 8.89. The third-order valence-corrected chi connectivity index (χ3v) is 2.99. The smallest absolute Gasteiger partial charge is 0.225 e. The number of hydrogen-bond donors (Lipinski definition) is 3. The molecule has 0 aliphatic carbocycles. The summed E-state index contributed by atoms with van der Waals surface area (Å²) < 4.78 is 0. The Bertz CT molecular complexity index is 365. The van der Waals surface area contributed by atoms with E-state index in [9.17, 15) is 0 Å². The van der Waals surface area contributed by atoms with Gasteiger partial charge in [0.1, 0.15) is 5.82 Å². The van der Waals surface area contributed by atoms with Gasteiger partial charge in [-0.3, -0.25) is 4.90 Å². The van der Waals surface area contributed by atoms with Crippen LogP contribution in [-0.4, -0.2) is 44.7 Å². The average Bonchev–Trinajstić information content (AvgIpc) is 2.64. The fourth-order valence-electron chi connectivity index (χ4n) is 2.20. The lowest BCUT2D eigenvalue weighted by Gasteiger charge is -2.14. The number of nitrogen functional groups attached to an aromatic ring is 2. The second-order valence-corrected chi connectivity index (χ2v) is 4.37. The molecule has 2 heterocycles. The van der Waals surface area contributed by atoms with Crippen LogP contribution >= 0.6 is 0 Å². The lowest BCUT2D eigenvalue weighted by atomic mass is 10.1. The van der Waals surface area contributed by atoms with E-state index in [4.69, 9.17) is 16.6 Å². The summed E-state index contributed by atoms with van der Waals surface area (Å²) in [7, 11) is 0. The molecule has 0 amide bonds. The summed E-state index contributed by atoms with van der Waals surface area (Å²) in [5.74, 6) is 1.51. The van der Waals surface area contributed by atoms with Crippen LogP contribution in [0.4, 0.5) is 11.9 Å². The van der Waals surface area contributed by atoms with Crippen molar-refractivity contribution in [3.8, 4) is 0 Å². The monoisotopic (exact) mass is 238 g/mol. The van der Waals surface area contributed by atoms with Crippen molar-refractivity contribution in [3.63, 3.8) is 0 Å². The molecule has 1 unspecified atom stereocenters. The van der Waals surface area contributed by atoms with Crippen LogP contribution in [0.3, 0.4) is 0 Å². The maximum atomic E-state index is 8.89. The number of nitrogens with two attached hydrogens (primary N) is 2. The molecule has 1 fully saturated rings. The van der Waals surface area contributed by atoms with Gasteiger partial charge >= 0.3 is 0 Å². The van der Waals surface area contributed by atoms with E-state index in [0.29, 0.717) is 18.3 Å². The summed E-state index contributed by atoms with van der Waals surface area (Å²) in [6.45, 7) is 2.85. The minimum Gasteiger partial charge on any atom is -0.396 e. The number of aliphatic hydroxyl groups is 1. The van der Waals surface area contributed by atoms with Gasteiger partial charge in [0.25, 0.3) is 0 Å². The van der Waals surface area contributed by atoms with Crippen molar-refractivity contribution in [3.05, 3.63) is 5.82 Å². The highest BCUT2D eigenvalue weighted by Gasteiger charge is 2.22. The first-order valence-electron chi connectivity index (χ1n) is 5.76. The van der Waals surface area contributed by atoms with Crippen molar-refractivity contribution >= 4 is 11.9 Å². The number of rotatable bonds is 4. The van der Waals surface area contributed by atoms with Gasteiger partial charge in [-0.25, -0.2) is 0 Å². The molecule has 7 heteroatoms. The second-order valence-electron chi connectivity index (χ2n) is 4.37. The highest BCUT2D eigenvalue weighted by Crippen LogP contribution is 2.20. The summed E-state index contributed by atoms with van der Waals surface area (Å²) in [6.07, 6.45) is 1.97. The Morgan fingerprint density at radius 3 is 2.59 bits per heavy atom. The Kier molecular flexibility index (Phi) is 3.70. The van der Waals surface area contributed by atoms with Gasteiger partial charge in [-0.1, -0.05) is 0 Å². The van der Waals surface area contributed by atoms with Crippen LogP contribution in [0, 0.1) is 5.92 Å². The Morgan fingerprint density at radius 2 is 1.94 bits per heavy atom. The van der Waals surface area contributed by atoms with E-state index >= 15 is 0 Å². The van der Waals surface area contributed by atoms with Gasteiger partial charge in [0.2, 0.25) is 11.9 Å². The fraction of sp³-hybridized carbons (Fsp3) is 0.700. The molecule has 0 spiro atoms. The number of likely N-dealkylation sites (tertiary alicyclic amines) is 1. The molecule has 0 radical (unpaired) electrons. The van der Waals surface area contributed by atoms with Crippen molar-refractivity contribution < 1.29 is 5.11 Å². The first-order valence-corrected chi connectivity index (χ1v) is 5.76. The zero-order chi connectivity index (χ0) is 12.3. The Morgan fingerprint density at radius 1 is 1.24 bits per heavy atom. The van der Waals surface area contributed by atoms with Crippen LogP contribution in [0.25, 0.3) is 0 Å². The number of hydrogen-bond acceptors (Lipinski definition) is 7. The van der Waals surface area contributed by atoms with Crippen LogP contribution in [0.5, 0.6) is 0 Å². The largest absolute Gasteiger partial charge is 0.396 e. The van der Waals surface area contributed by atoms with Crippen LogP contribution < -0.4 is 11.5 Å². The molecule has 1 saturated heterocycles. The van der Waals surface area contributed by atoms with Gasteiger partial charge in [-0.2, -0.15) is 15.0 Å². The maximum absolute atomic E-state index is 8.89. The minimum absolute atomic E-state index is 0.165. The molecule has 0 aromatic carbocycles. The van der Waals surface area contributed by atoms with Gasteiger partial charge < -0.3 is 16.6 Å². The van der Waals surface area contributed by atoms with E-state index in [1.807, 2.05) is 0 Å². The van der Waals surface area contributed by atoms with Crippen LogP contribution in [0.15, 0.2) is 0 Å². The molecular formula is C10H18N6O. The van der Waals surface area contributed by atoms with Gasteiger partial charge in [0, 0.05) is 13.2 Å². The first-order chi connectivity index (χ1) is 8.17. The molecular weight excluding hydrogens is 220 g/mol. The van der Waals surface area contributed by atoms with Gasteiger partial charge in [0.15, 0.2) is 0 Å². The van der Waals surface area contributed by atoms with E-state index < -0.39 is 0 Å². The number of aromatic nitrogens is 3. The molecule has 5 N–H and O–H groups in total. The van der Waals surface area contributed by atoms with Gasteiger partial charge in [-0.05, 0) is 25.3 Å². The lowest BCUT2D eigenvalue weighted by Crippen LogP contribution is -2.22. The minimum atomic E-state index is 0.165. The molecule has 1 aliphatic rings. The van der Waals surface area contributed by atoms with E-state index in [1.54, 1.807) is 0 Å². The van der Waals surface area contributed by atoms with Crippen molar-refractivity contribution in [1.82, 2.24) is 19.9 Å². The van der Waals surface area contributed by atoms with Crippen molar-refractivity contribution in [2.45, 2.75) is 19.4 Å². The molecule has 7 nitrogen and oxygen atoms in total. The van der Waals surface area contributed by atoms with Crippen LogP contribution in [0.2, 0.25) is 0 Å². The highest BCUT2D eigenvalue weighted by molar-refractivity contribution is 5.25. The first kappa shape index (κ1) is 12.0. The third kappa shape index (κ3) is 3.24. The highest BCUT2D eigenvalue weighted by atomic mass is 16.3. The van der Waals surface area contributed by atoms with Crippen molar-refractivity contribution in [1.29, 1.82) is 0 Å². The Labute approximate surface area is 99.9 Å². The molecule has 1 atom stereocenters. The van der Waals surface area contributed by atoms with Crippen molar-refractivity contribution in [2.24, 2.45) is 5.92 Å².